The third kappa shape index (κ3) is 4.01. The number of hydrogen-bond donors (Lipinski definition) is 0. The number of esters is 1. The van der Waals surface area contributed by atoms with E-state index in [1.807, 2.05) is 18.2 Å². The SMILES string of the molecule is COC(=O)Cc1nc(-c2ccc(OC)c(OC)c2)c2cc(OC)c(OC)cc2n1. The molecule has 152 valence electrons. The van der Waals surface area contributed by atoms with Gasteiger partial charge in [0.1, 0.15) is 12.2 Å². The first-order valence-corrected chi connectivity index (χ1v) is 8.76. The number of nitrogens with zero attached hydrogens (tertiary/aromatic N) is 2. The summed E-state index contributed by atoms with van der Waals surface area (Å²) in [4.78, 5) is 20.9. The third-order valence-electron chi connectivity index (χ3n) is 4.43. The standard InChI is InChI=1S/C21H22N2O6/c1-25-15-7-6-12(8-16(15)26-2)21-13-9-17(27-3)18(28-4)10-14(13)22-19(23-21)11-20(24)29-5/h6-10H,11H2,1-5H3. The van der Waals surface area contributed by atoms with Gasteiger partial charge in [0.2, 0.25) is 0 Å². The van der Waals surface area contributed by atoms with Crippen LogP contribution >= 0.6 is 0 Å². The number of ether oxygens (including phenoxy) is 5. The van der Waals surface area contributed by atoms with E-state index in [-0.39, 0.29) is 6.42 Å². The molecule has 8 nitrogen and oxygen atoms in total. The van der Waals surface area contributed by atoms with Crippen molar-refractivity contribution in [2.24, 2.45) is 0 Å². The van der Waals surface area contributed by atoms with Crippen molar-refractivity contribution < 1.29 is 28.5 Å². The predicted octanol–water partition coefficient (Wildman–Crippen LogP) is 3.05. The lowest BCUT2D eigenvalue weighted by molar-refractivity contribution is -0.139. The second-order valence-electron chi connectivity index (χ2n) is 6.04. The number of hydrogen-bond acceptors (Lipinski definition) is 8. The van der Waals surface area contributed by atoms with Crippen LogP contribution in [0.4, 0.5) is 0 Å². The zero-order valence-corrected chi connectivity index (χ0v) is 16.9. The Balaban J connectivity index is 2.28. The average Bonchev–Trinajstić information content (AvgIpc) is 2.76. The van der Waals surface area contributed by atoms with E-state index in [0.717, 1.165) is 10.9 Å². The summed E-state index contributed by atoms with van der Waals surface area (Å²) in [5, 5.41) is 0.739. The van der Waals surface area contributed by atoms with Crippen LogP contribution in [0.5, 0.6) is 23.0 Å². The Morgan fingerprint density at radius 2 is 1.41 bits per heavy atom. The molecule has 0 saturated heterocycles. The van der Waals surface area contributed by atoms with E-state index in [4.69, 9.17) is 23.7 Å². The molecule has 0 saturated carbocycles. The fraction of sp³-hybridized carbons (Fsp3) is 0.286. The maximum absolute atomic E-state index is 11.8. The molecule has 0 aliphatic rings. The molecular formula is C21H22N2O6. The van der Waals surface area contributed by atoms with Gasteiger partial charge in [0.25, 0.3) is 0 Å². The molecule has 0 N–H and O–H groups in total. The van der Waals surface area contributed by atoms with Crippen molar-refractivity contribution in [2.45, 2.75) is 6.42 Å². The Kier molecular flexibility index (Phi) is 6.01. The van der Waals surface area contributed by atoms with E-state index in [1.54, 1.807) is 40.6 Å². The van der Waals surface area contributed by atoms with Crippen LogP contribution in [0.3, 0.4) is 0 Å². The minimum atomic E-state index is -0.428. The first-order valence-electron chi connectivity index (χ1n) is 8.76. The summed E-state index contributed by atoms with van der Waals surface area (Å²) in [6.07, 6.45) is -0.0545. The number of benzene rings is 2. The molecule has 0 spiro atoms. The van der Waals surface area contributed by atoms with Gasteiger partial charge in [-0.15, -0.1) is 0 Å². The fourth-order valence-corrected chi connectivity index (χ4v) is 2.99. The van der Waals surface area contributed by atoms with Gasteiger partial charge in [-0.2, -0.15) is 0 Å². The highest BCUT2D eigenvalue weighted by molar-refractivity contribution is 5.95. The number of aromatic nitrogens is 2. The minimum Gasteiger partial charge on any atom is -0.493 e. The van der Waals surface area contributed by atoms with Crippen LogP contribution in [0.15, 0.2) is 30.3 Å². The molecule has 3 rings (SSSR count). The topological polar surface area (TPSA) is 89.0 Å². The van der Waals surface area contributed by atoms with Crippen molar-refractivity contribution in [3.05, 3.63) is 36.2 Å². The summed E-state index contributed by atoms with van der Waals surface area (Å²) in [5.74, 6) is 2.15. The predicted molar refractivity (Wildman–Crippen MR) is 107 cm³/mol. The number of carbonyl (C=O) groups is 1. The molecule has 0 fully saturated rings. The Bertz CT molecular complexity index is 1050. The summed E-state index contributed by atoms with van der Waals surface area (Å²) in [6, 6.07) is 9.03. The fourth-order valence-electron chi connectivity index (χ4n) is 2.99. The van der Waals surface area contributed by atoms with Crippen LogP contribution in [0, 0.1) is 0 Å². The van der Waals surface area contributed by atoms with Crippen molar-refractivity contribution in [3.8, 4) is 34.3 Å². The molecule has 8 heteroatoms. The molecule has 0 aliphatic heterocycles. The van der Waals surface area contributed by atoms with Crippen LogP contribution in [-0.4, -0.2) is 51.5 Å². The lowest BCUT2D eigenvalue weighted by Crippen LogP contribution is -2.09. The molecule has 0 unspecified atom stereocenters. The lowest BCUT2D eigenvalue weighted by Gasteiger charge is -2.14. The van der Waals surface area contributed by atoms with Gasteiger partial charge in [-0.1, -0.05) is 0 Å². The van der Waals surface area contributed by atoms with E-state index in [2.05, 4.69) is 9.97 Å². The van der Waals surface area contributed by atoms with E-state index in [1.165, 1.54) is 7.11 Å². The van der Waals surface area contributed by atoms with Crippen LogP contribution in [0.2, 0.25) is 0 Å². The zero-order valence-electron chi connectivity index (χ0n) is 16.9. The highest BCUT2D eigenvalue weighted by atomic mass is 16.5. The van der Waals surface area contributed by atoms with Gasteiger partial charge in [0, 0.05) is 17.0 Å². The quantitative estimate of drug-likeness (QED) is 0.561. The molecule has 1 aromatic heterocycles. The van der Waals surface area contributed by atoms with Crippen LogP contribution in [0.1, 0.15) is 5.82 Å². The average molecular weight is 398 g/mol. The Labute approximate surface area is 168 Å². The van der Waals surface area contributed by atoms with E-state index < -0.39 is 5.97 Å². The number of carbonyl (C=O) groups excluding carboxylic acids is 1. The van der Waals surface area contributed by atoms with Crippen LogP contribution in [0.25, 0.3) is 22.2 Å². The molecular weight excluding hydrogens is 376 g/mol. The maximum atomic E-state index is 11.8. The van der Waals surface area contributed by atoms with Gasteiger partial charge in [-0.05, 0) is 24.3 Å². The van der Waals surface area contributed by atoms with Crippen molar-refractivity contribution >= 4 is 16.9 Å². The summed E-state index contributed by atoms with van der Waals surface area (Å²) < 4.78 is 26.3. The number of fused-ring (bicyclic) bond motifs is 1. The first kappa shape index (κ1) is 20.2. The summed E-state index contributed by atoms with van der Waals surface area (Å²) in [7, 11) is 7.58. The zero-order chi connectivity index (χ0) is 21.0. The van der Waals surface area contributed by atoms with E-state index in [9.17, 15) is 4.79 Å². The number of methoxy groups -OCH3 is 5. The van der Waals surface area contributed by atoms with Crippen LogP contribution in [-0.2, 0) is 16.0 Å². The van der Waals surface area contributed by atoms with E-state index >= 15 is 0 Å². The first-order chi connectivity index (χ1) is 14.0. The Hall–Kier alpha value is -3.55. The van der Waals surface area contributed by atoms with Crippen molar-refractivity contribution in [1.82, 2.24) is 9.97 Å². The molecule has 2 aromatic carbocycles. The van der Waals surface area contributed by atoms with Gasteiger partial charge < -0.3 is 23.7 Å². The smallest absolute Gasteiger partial charge is 0.313 e. The minimum absolute atomic E-state index is 0.0545. The molecule has 0 radical (unpaired) electrons. The summed E-state index contributed by atoms with van der Waals surface area (Å²) in [6.45, 7) is 0. The Morgan fingerprint density at radius 3 is 2.03 bits per heavy atom. The van der Waals surface area contributed by atoms with Crippen molar-refractivity contribution in [3.63, 3.8) is 0 Å². The van der Waals surface area contributed by atoms with Crippen LogP contribution < -0.4 is 18.9 Å². The molecule has 0 aliphatic carbocycles. The van der Waals surface area contributed by atoms with Crippen molar-refractivity contribution in [2.75, 3.05) is 35.5 Å². The number of rotatable bonds is 7. The maximum Gasteiger partial charge on any atom is 0.313 e. The van der Waals surface area contributed by atoms with Gasteiger partial charge in [-0.25, -0.2) is 9.97 Å². The summed E-state index contributed by atoms with van der Waals surface area (Å²) in [5.41, 5.74) is 2.01. The van der Waals surface area contributed by atoms with Gasteiger partial charge in [-0.3, -0.25) is 4.79 Å². The largest absolute Gasteiger partial charge is 0.493 e. The molecule has 1 heterocycles. The van der Waals surface area contributed by atoms with Gasteiger partial charge in [0.15, 0.2) is 23.0 Å². The highest BCUT2D eigenvalue weighted by Crippen LogP contribution is 2.38. The monoisotopic (exact) mass is 398 g/mol. The van der Waals surface area contributed by atoms with Gasteiger partial charge in [0.05, 0.1) is 46.8 Å². The molecule has 0 amide bonds. The third-order valence-corrected chi connectivity index (χ3v) is 4.43. The van der Waals surface area contributed by atoms with E-state index in [0.29, 0.717) is 40.0 Å². The molecule has 29 heavy (non-hydrogen) atoms. The van der Waals surface area contributed by atoms with Gasteiger partial charge >= 0.3 is 5.97 Å². The Morgan fingerprint density at radius 1 is 0.793 bits per heavy atom. The molecule has 3 aromatic rings. The summed E-state index contributed by atoms with van der Waals surface area (Å²) >= 11 is 0. The second-order valence-corrected chi connectivity index (χ2v) is 6.04. The van der Waals surface area contributed by atoms with Crippen molar-refractivity contribution in [1.29, 1.82) is 0 Å². The second kappa shape index (κ2) is 8.64. The normalized spacial score (nSPS) is 10.5. The molecule has 0 atom stereocenters. The highest BCUT2D eigenvalue weighted by Gasteiger charge is 2.17. The molecule has 0 bridgehead atoms. The lowest BCUT2D eigenvalue weighted by atomic mass is 10.0.